The minimum atomic E-state index is -3.28. The molecule has 0 aliphatic carbocycles. The number of allylic oxidation sites excluding steroid dienone is 3. The van der Waals surface area contributed by atoms with E-state index in [9.17, 15) is 13.2 Å². The summed E-state index contributed by atoms with van der Waals surface area (Å²) in [5.41, 5.74) is 2.72. The average molecular weight is 445 g/mol. The van der Waals surface area contributed by atoms with Crippen LogP contribution in [0.4, 0.5) is 5.69 Å². The van der Waals surface area contributed by atoms with Gasteiger partial charge in [0.2, 0.25) is 0 Å². The van der Waals surface area contributed by atoms with Gasteiger partial charge < -0.3 is 15.5 Å². The van der Waals surface area contributed by atoms with Crippen LogP contribution < -0.4 is 10.6 Å². The molecule has 7 nitrogen and oxygen atoms in total. The summed E-state index contributed by atoms with van der Waals surface area (Å²) in [7, 11) is -3.28. The number of aromatic nitrogens is 1. The molecule has 2 aliphatic heterocycles. The van der Waals surface area contributed by atoms with E-state index in [4.69, 9.17) is 0 Å². The third kappa shape index (κ3) is 3.54. The highest BCUT2D eigenvalue weighted by Gasteiger charge is 2.34. The van der Waals surface area contributed by atoms with Crippen LogP contribution in [0.1, 0.15) is 11.7 Å². The Hall–Kier alpha value is -3.91. The maximum Gasteiger partial charge on any atom is 0.273 e. The van der Waals surface area contributed by atoms with Crippen molar-refractivity contribution >= 4 is 32.2 Å². The molecule has 0 spiro atoms. The molecule has 5 rings (SSSR count). The number of nitrogens with one attached hydrogen (secondary N) is 2. The van der Waals surface area contributed by atoms with E-state index in [1.165, 1.54) is 6.26 Å². The van der Waals surface area contributed by atoms with Gasteiger partial charge in [-0.1, -0.05) is 30.3 Å². The van der Waals surface area contributed by atoms with Gasteiger partial charge in [-0.25, -0.2) is 8.42 Å². The lowest BCUT2D eigenvalue weighted by molar-refractivity contribution is -0.113. The summed E-state index contributed by atoms with van der Waals surface area (Å²) in [6.45, 7) is 0. The fourth-order valence-corrected chi connectivity index (χ4v) is 4.54. The molecule has 0 saturated carbocycles. The van der Waals surface area contributed by atoms with Crippen molar-refractivity contribution in [3.63, 3.8) is 0 Å². The lowest BCUT2D eigenvalue weighted by Crippen LogP contribution is -2.28. The largest absolute Gasteiger partial charge is 0.355 e. The number of pyridine rings is 1. The van der Waals surface area contributed by atoms with Crippen LogP contribution in [0.3, 0.4) is 0 Å². The number of amides is 1. The molecule has 160 valence electrons. The summed E-state index contributed by atoms with van der Waals surface area (Å²) in [5, 5.41) is 8.16. The molecule has 2 aromatic carbocycles. The molecule has 0 fully saturated rings. The average Bonchev–Trinajstić information content (AvgIpc) is 3.19. The Balaban J connectivity index is 1.45. The molecule has 1 amide bonds. The van der Waals surface area contributed by atoms with Crippen molar-refractivity contribution in [1.29, 1.82) is 0 Å². The highest BCUT2D eigenvalue weighted by Crippen LogP contribution is 2.35. The molecule has 32 heavy (non-hydrogen) atoms. The fraction of sp³-hybridized carbons (Fsp3) is 0.0833. The first kappa shape index (κ1) is 20.0. The van der Waals surface area contributed by atoms with Gasteiger partial charge >= 0.3 is 0 Å². The van der Waals surface area contributed by atoms with Crippen molar-refractivity contribution in [3.05, 3.63) is 102 Å². The van der Waals surface area contributed by atoms with Crippen molar-refractivity contribution in [3.8, 4) is 0 Å². The highest BCUT2D eigenvalue weighted by atomic mass is 32.2. The van der Waals surface area contributed by atoms with E-state index in [2.05, 4.69) is 15.6 Å². The molecule has 2 N–H and O–H groups in total. The Morgan fingerprint density at radius 3 is 2.69 bits per heavy atom. The summed E-state index contributed by atoms with van der Waals surface area (Å²) >= 11 is 0. The zero-order valence-corrected chi connectivity index (χ0v) is 18.0. The van der Waals surface area contributed by atoms with Crippen molar-refractivity contribution < 1.29 is 13.2 Å². The predicted molar refractivity (Wildman–Crippen MR) is 123 cm³/mol. The van der Waals surface area contributed by atoms with Gasteiger partial charge in [-0.05, 0) is 42.0 Å². The number of fused-ring (bicyclic) bond motifs is 2. The molecular weight excluding hydrogens is 424 g/mol. The van der Waals surface area contributed by atoms with E-state index >= 15 is 0 Å². The van der Waals surface area contributed by atoms with Crippen LogP contribution in [0.2, 0.25) is 0 Å². The first-order chi connectivity index (χ1) is 15.4. The number of carbonyl (C=O) groups excluding carboxylic acids is 1. The van der Waals surface area contributed by atoms with Crippen molar-refractivity contribution in [2.75, 3.05) is 11.6 Å². The molecule has 3 heterocycles. The summed E-state index contributed by atoms with van der Waals surface area (Å²) in [5.74, 6) is -0.260. The molecule has 1 atom stereocenters. The van der Waals surface area contributed by atoms with Crippen LogP contribution in [0, 0.1) is 0 Å². The van der Waals surface area contributed by atoms with Crippen LogP contribution in [0.5, 0.6) is 0 Å². The van der Waals surface area contributed by atoms with Gasteiger partial charge in [0.15, 0.2) is 9.84 Å². The van der Waals surface area contributed by atoms with Gasteiger partial charge in [-0.3, -0.25) is 9.78 Å². The fourth-order valence-electron chi connectivity index (χ4n) is 3.91. The van der Waals surface area contributed by atoms with Crippen molar-refractivity contribution in [2.45, 2.75) is 11.1 Å². The van der Waals surface area contributed by atoms with Gasteiger partial charge in [0.25, 0.3) is 5.91 Å². The minimum absolute atomic E-state index is 0.255. The molecule has 2 aliphatic rings. The Bertz CT molecular complexity index is 1420. The topological polar surface area (TPSA) is 91.4 Å². The first-order valence-corrected chi connectivity index (χ1v) is 11.9. The lowest BCUT2D eigenvalue weighted by Gasteiger charge is -2.26. The van der Waals surface area contributed by atoms with Crippen LogP contribution in [0.15, 0.2) is 102 Å². The predicted octanol–water partition coefficient (Wildman–Crippen LogP) is 3.48. The molecular formula is C24H20N4O3S. The number of sulfone groups is 1. The van der Waals surface area contributed by atoms with Crippen LogP contribution in [-0.2, 0) is 14.6 Å². The van der Waals surface area contributed by atoms with Gasteiger partial charge in [0.05, 0.1) is 10.6 Å². The molecule has 1 unspecified atom stereocenters. The van der Waals surface area contributed by atoms with Crippen LogP contribution in [-0.4, -0.2) is 30.5 Å². The smallest absolute Gasteiger partial charge is 0.273 e. The van der Waals surface area contributed by atoms with Crippen LogP contribution in [0.25, 0.3) is 10.8 Å². The van der Waals surface area contributed by atoms with E-state index in [-0.39, 0.29) is 17.0 Å². The maximum absolute atomic E-state index is 13.3. The highest BCUT2D eigenvalue weighted by molar-refractivity contribution is 7.90. The molecule has 3 aromatic rings. The van der Waals surface area contributed by atoms with E-state index in [0.29, 0.717) is 11.4 Å². The Morgan fingerprint density at radius 1 is 1.09 bits per heavy atom. The van der Waals surface area contributed by atoms with E-state index in [0.717, 1.165) is 22.0 Å². The Labute approximate surface area is 185 Å². The van der Waals surface area contributed by atoms with Gasteiger partial charge in [-0.15, -0.1) is 0 Å². The summed E-state index contributed by atoms with van der Waals surface area (Å²) in [6, 6.07) is 14.2. The zero-order valence-electron chi connectivity index (χ0n) is 17.2. The Kier molecular flexibility index (Phi) is 4.79. The second kappa shape index (κ2) is 7.65. The number of hydrogen-bond donors (Lipinski definition) is 2. The molecule has 0 radical (unpaired) electrons. The van der Waals surface area contributed by atoms with Crippen molar-refractivity contribution in [2.24, 2.45) is 0 Å². The standard InChI is InChI=1S/C24H20N4O3S/c1-32(30,31)18-10-8-16(9-11-18)23-27-22(21-7-2-3-14-28(21)23)24(29)26-20-6-4-5-17-15-25-13-12-19(17)20/h2-15,23,27H,1H3,(H,26,29). The Morgan fingerprint density at radius 2 is 1.91 bits per heavy atom. The van der Waals surface area contributed by atoms with E-state index in [1.54, 1.807) is 36.7 Å². The maximum atomic E-state index is 13.3. The van der Waals surface area contributed by atoms with Gasteiger partial charge in [0.1, 0.15) is 11.9 Å². The summed E-state index contributed by atoms with van der Waals surface area (Å²) in [6.07, 6.45) is 11.8. The SMILES string of the molecule is CS(=O)(=O)c1ccc(C2NC(C(=O)Nc3cccc4cnccc34)=C3C=CC=CN32)cc1. The second-order valence-corrected chi connectivity index (χ2v) is 9.63. The third-order valence-electron chi connectivity index (χ3n) is 5.49. The van der Waals surface area contributed by atoms with E-state index in [1.807, 2.05) is 53.6 Å². The van der Waals surface area contributed by atoms with Gasteiger partial charge in [0, 0.05) is 41.3 Å². The molecule has 1 aromatic heterocycles. The van der Waals surface area contributed by atoms with Crippen LogP contribution >= 0.6 is 0 Å². The van der Waals surface area contributed by atoms with E-state index < -0.39 is 9.84 Å². The molecule has 8 heteroatoms. The quantitative estimate of drug-likeness (QED) is 0.640. The number of rotatable bonds is 4. The molecule has 0 saturated heterocycles. The van der Waals surface area contributed by atoms with Gasteiger partial charge in [-0.2, -0.15) is 0 Å². The summed E-state index contributed by atoms with van der Waals surface area (Å²) < 4.78 is 23.6. The zero-order chi connectivity index (χ0) is 22.3. The lowest BCUT2D eigenvalue weighted by atomic mass is 10.1. The monoisotopic (exact) mass is 444 g/mol. The number of anilines is 1. The number of benzene rings is 2. The number of carbonyl (C=O) groups is 1. The summed E-state index contributed by atoms with van der Waals surface area (Å²) in [4.78, 5) is 19.6. The first-order valence-electron chi connectivity index (χ1n) is 10.00. The third-order valence-corrected chi connectivity index (χ3v) is 6.61. The minimum Gasteiger partial charge on any atom is -0.355 e. The normalized spacial score (nSPS) is 17.4. The second-order valence-electron chi connectivity index (χ2n) is 7.61. The number of nitrogens with zero attached hydrogens (tertiary/aromatic N) is 2. The number of hydrogen-bond acceptors (Lipinski definition) is 6. The van der Waals surface area contributed by atoms with Crippen molar-refractivity contribution in [1.82, 2.24) is 15.2 Å². The molecule has 0 bridgehead atoms.